The van der Waals surface area contributed by atoms with Crippen molar-refractivity contribution in [3.05, 3.63) is 59.7 Å². The van der Waals surface area contributed by atoms with E-state index in [0.717, 1.165) is 17.4 Å². The minimum atomic E-state index is -4.51. The minimum absolute atomic E-state index is 0.0523. The second kappa shape index (κ2) is 9.41. The van der Waals surface area contributed by atoms with Crippen molar-refractivity contribution in [2.24, 2.45) is 0 Å². The number of para-hydroxylation sites is 1. The smallest absolute Gasteiger partial charge is 0.418 e. The molecule has 0 saturated carbocycles. The fourth-order valence-corrected chi connectivity index (χ4v) is 2.50. The van der Waals surface area contributed by atoms with Gasteiger partial charge in [0.2, 0.25) is 5.91 Å². The second-order valence-electron chi connectivity index (χ2n) is 6.31. The highest BCUT2D eigenvalue weighted by atomic mass is 19.4. The Hall–Kier alpha value is -2.54. The van der Waals surface area contributed by atoms with E-state index in [1.807, 2.05) is 31.2 Å². The van der Waals surface area contributed by atoms with Crippen molar-refractivity contribution >= 4 is 11.6 Å². The predicted octanol–water partition coefficient (Wildman–Crippen LogP) is 4.40. The van der Waals surface area contributed by atoms with Crippen LogP contribution in [0.3, 0.4) is 0 Å². The van der Waals surface area contributed by atoms with Crippen LogP contribution in [-0.2, 0) is 11.0 Å². The Kier molecular flexibility index (Phi) is 7.24. The zero-order valence-electron chi connectivity index (χ0n) is 15.3. The number of halogens is 3. The largest absolute Gasteiger partial charge is 0.492 e. The third kappa shape index (κ3) is 6.94. The van der Waals surface area contributed by atoms with Crippen LogP contribution in [0.1, 0.15) is 24.5 Å². The van der Waals surface area contributed by atoms with Gasteiger partial charge in [-0.15, -0.1) is 0 Å². The second-order valence-corrected chi connectivity index (χ2v) is 6.31. The summed E-state index contributed by atoms with van der Waals surface area (Å²) in [4.78, 5) is 12.0. The lowest BCUT2D eigenvalue weighted by Gasteiger charge is -2.16. The molecular weight excluding hydrogens is 357 g/mol. The average Bonchev–Trinajstić information content (AvgIpc) is 2.59. The molecule has 2 N–H and O–H groups in total. The van der Waals surface area contributed by atoms with Crippen LogP contribution in [0.4, 0.5) is 18.9 Å². The van der Waals surface area contributed by atoms with Crippen molar-refractivity contribution in [3.8, 4) is 5.75 Å². The van der Waals surface area contributed by atoms with E-state index in [-0.39, 0.29) is 18.2 Å². The number of carbonyl (C=O) groups is 1. The van der Waals surface area contributed by atoms with Gasteiger partial charge in [-0.2, -0.15) is 13.2 Å². The molecule has 4 nitrogen and oxygen atoms in total. The van der Waals surface area contributed by atoms with Gasteiger partial charge in [0, 0.05) is 19.0 Å². The average molecular weight is 380 g/mol. The zero-order valence-corrected chi connectivity index (χ0v) is 15.3. The number of aryl methyl sites for hydroxylation is 1. The first-order valence-corrected chi connectivity index (χ1v) is 8.64. The van der Waals surface area contributed by atoms with Crippen molar-refractivity contribution in [3.63, 3.8) is 0 Å². The molecule has 0 radical (unpaired) electrons. The SMILES string of the molecule is Cc1ccc(OCCNC(C)CC(=O)Nc2ccccc2C(F)(F)F)cc1. The van der Waals surface area contributed by atoms with Gasteiger partial charge in [0.05, 0.1) is 11.3 Å². The van der Waals surface area contributed by atoms with Crippen LogP contribution in [0.2, 0.25) is 0 Å². The highest BCUT2D eigenvalue weighted by Gasteiger charge is 2.33. The number of carbonyl (C=O) groups excluding carboxylic acids is 1. The summed E-state index contributed by atoms with van der Waals surface area (Å²) in [7, 11) is 0. The van der Waals surface area contributed by atoms with E-state index in [1.165, 1.54) is 18.2 Å². The third-order valence-electron chi connectivity index (χ3n) is 3.88. The predicted molar refractivity (Wildman–Crippen MR) is 98.8 cm³/mol. The summed E-state index contributed by atoms with van der Waals surface area (Å²) in [6.07, 6.45) is -4.46. The molecule has 0 aliphatic rings. The topological polar surface area (TPSA) is 50.4 Å². The molecule has 7 heteroatoms. The monoisotopic (exact) mass is 380 g/mol. The van der Waals surface area contributed by atoms with E-state index in [4.69, 9.17) is 4.74 Å². The molecule has 0 heterocycles. The van der Waals surface area contributed by atoms with E-state index in [9.17, 15) is 18.0 Å². The van der Waals surface area contributed by atoms with Gasteiger partial charge in [-0.25, -0.2) is 0 Å². The Morgan fingerprint density at radius 2 is 1.78 bits per heavy atom. The van der Waals surface area contributed by atoms with Gasteiger partial charge in [0.1, 0.15) is 12.4 Å². The normalized spacial score (nSPS) is 12.5. The lowest BCUT2D eigenvalue weighted by atomic mass is 10.1. The van der Waals surface area contributed by atoms with Crippen molar-refractivity contribution in [2.45, 2.75) is 32.5 Å². The number of nitrogens with one attached hydrogen (secondary N) is 2. The number of hydrogen-bond donors (Lipinski definition) is 2. The Labute approximate surface area is 156 Å². The number of amides is 1. The quantitative estimate of drug-likeness (QED) is 0.668. The van der Waals surface area contributed by atoms with Gasteiger partial charge in [-0.3, -0.25) is 4.79 Å². The first-order valence-electron chi connectivity index (χ1n) is 8.64. The number of alkyl halides is 3. The lowest BCUT2D eigenvalue weighted by Crippen LogP contribution is -2.33. The first kappa shape index (κ1) is 20.8. The van der Waals surface area contributed by atoms with E-state index < -0.39 is 17.6 Å². The molecule has 1 unspecified atom stereocenters. The molecule has 2 rings (SSSR count). The maximum Gasteiger partial charge on any atom is 0.418 e. The lowest BCUT2D eigenvalue weighted by molar-refractivity contribution is -0.137. The molecule has 1 amide bonds. The fourth-order valence-electron chi connectivity index (χ4n) is 2.50. The Bertz CT molecular complexity index is 746. The zero-order chi connectivity index (χ0) is 19.9. The fraction of sp³-hybridized carbons (Fsp3) is 0.350. The van der Waals surface area contributed by atoms with Crippen LogP contribution in [-0.4, -0.2) is 25.1 Å². The standard InChI is InChI=1S/C20H23F3N2O2/c1-14-7-9-16(10-8-14)27-12-11-24-15(2)13-19(26)25-18-6-4-3-5-17(18)20(21,22)23/h3-10,15,24H,11-13H2,1-2H3,(H,25,26). The number of rotatable bonds is 8. The van der Waals surface area contributed by atoms with Gasteiger partial charge in [-0.1, -0.05) is 29.8 Å². The molecule has 27 heavy (non-hydrogen) atoms. The van der Waals surface area contributed by atoms with E-state index >= 15 is 0 Å². The molecule has 0 aromatic heterocycles. The maximum atomic E-state index is 13.0. The number of hydrogen-bond acceptors (Lipinski definition) is 3. The van der Waals surface area contributed by atoms with Crippen molar-refractivity contribution < 1.29 is 22.7 Å². The van der Waals surface area contributed by atoms with Gasteiger partial charge < -0.3 is 15.4 Å². The highest BCUT2D eigenvalue weighted by Crippen LogP contribution is 2.34. The number of anilines is 1. The van der Waals surface area contributed by atoms with Crippen LogP contribution in [0.5, 0.6) is 5.75 Å². The molecule has 146 valence electrons. The van der Waals surface area contributed by atoms with E-state index in [2.05, 4.69) is 10.6 Å². The summed E-state index contributed by atoms with van der Waals surface area (Å²) in [5.74, 6) is 0.280. The Morgan fingerprint density at radius 1 is 1.11 bits per heavy atom. The van der Waals surface area contributed by atoms with Gasteiger partial charge in [-0.05, 0) is 38.1 Å². The molecule has 1 atom stereocenters. The molecule has 0 bridgehead atoms. The van der Waals surface area contributed by atoms with Crippen LogP contribution in [0, 0.1) is 6.92 Å². The first-order chi connectivity index (χ1) is 12.8. The van der Waals surface area contributed by atoms with Crippen LogP contribution >= 0.6 is 0 Å². The third-order valence-corrected chi connectivity index (χ3v) is 3.88. The van der Waals surface area contributed by atoms with E-state index in [0.29, 0.717) is 13.2 Å². The van der Waals surface area contributed by atoms with Gasteiger partial charge >= 0.3 is 6.18 Å². The summed E-state index contributed by atoms with van der Waals surface area (Å²) in [5, 5.41) is 5.46. The molecule has 0 saturated heterocycles. The molecule has 0 aliphatic carbocycles. The Morgan fingerprint density at radius 3 is 2.44 bits per heavy atom. The van der Waals surface area contributed by atoms with Crippen molar-refractivity contribution in [1.82, 2.24) is 5.32 Å². The maximum absolute atomic E-state index is 13.0. The molecule has 0 aliphatic heterocycles. The molecular formula is C20H23F3N2O2. The summed E-state index contributed by atoms with van der Waals surface area (Å²) >= 11 is 0. The molecule has 0 fully saturated rings. The van der Waals surface area contributed by atoms with Crippen molar-refractivity contribution in [2.75, 3.05) is 18.5 Å². The number of benzene rings is 2. The van der Waals surface area contributed by atoms with E-state index in [1.54, 1.807) is 6.92 Å². The van der Waals surface area contributed by atoms with Gasteiger partial charge in [0.15, 0.2) is 0 Å². The minimum Gasteiger partial charge on any atom is -0.492 e. The van der Waals surface area contributed by atoms with Crippen molar-refractivity contribution in [1.29, 1.82) is 0 Å². The molecule has 2 aromatic rings. The van der Waals surface area contributed by atoms with Gasteiger partial charge in [0.25, 0.3) is 0 Å². The highest BCUT2D eigenvalue weighted by molar-refractivity contribution is 5.92. The molecule has 2 aromatic carbocycles. The molecule has 0 spiro atoms. The summed E-state index contributed by atoms with van der Waals surface area (Å²) < 4.78 is 44.4. The summed E-state index contributed by atoms with van der Waals surface area (Å²) in [5.41, 5.74) is 0.0579. The summed E-state index contributed by atoms with van der Waals surface area (Å²) in [6, 6.07) is 12.4. The van der Waals surface area contributed by atoms with Crippen LogP contribution < -0.4 is 15.4 Å². The number of ether oxygens (including phenoxy) is 1. The van der Waals surface area contributed by atoms with Crippen LogP contribution in [0.15, 0.2) is 48.5 Å². The van der Waals surface area contributed by atoms with Crippen LogP contribution in [0.25, 0.3) is 0 Å². The Balaban J connectivity index is 1.75. The summed E-state index contributed by atoms with van der Waals surface area (Å²) in [6.45, 7) is 4.72.